The average Bonchev–Trinajstić information content (AvgIpc) is 2.78. The normalized spacial score (nSPS) is 19.6. The molecule has 1 aromatic heterocycles. The minimum atomic E-state index is -4.66. The fraction of sp³-hybridized carbons (Fsp3) is 0.320. The summed E-state index contributed by atoms with van der Waals surface area (Å²) in [4.78, 5) is 24.5. The van der Waals surface area contributed by atoms with Gasteiger partial charge in [0.25, 0.3) is 5.91 Å². The van der Waals surface area contributed by atoms with Crippen molar-refractivity contribution in [1.29, 1.82) is 0 Å². The van der Waals surface area contributed by atoms with Gasteiger partial charge >= 0.3 is 6.18 Å². The highest BCUT2D eigenvalue weighted by Crippen LogP contribution is 2.45. The summed E-state index contributed by atoms with van der Waals surface area (Å²) in [6.07, 6.45) is -2.00. The van der Waals surface area contributed by atoms with E-state index in [2.05, 4.69) is 9.97 Å². The molecule has 176 valence electrons. The smallest absolute Gasteiger partial charge is 0.327 e. The van der Waals surface area contributed by atoms with Crippen LogP contribution < -0.4 is 0 Å². The zero-order chi connectivity index (χ0) is 24.2. The Balaban J connectivity index is 1.60. The average molecular weight is 490 g/mol. The Morgan fingerprint density at radius 1 is 1.09 bits per heavy atom. The van der Waals surface area contributed by atoms with Crippen LogP contribution in [-0.4, -0.2) is 26.8 Å². The van der Waals surface area contributed by atoms with Gasteiger partial charge in [-0.2, -0.15) is 13.2 Å². The molecule has 1 saturated heterocycles. The van der Waals surface area contributed by atoms with Crippen LogP contribution in [-0.2, 0) is 12.6 Å². The Morgan fingerprint density at radius 3 is 2.53 bits per heavy atom. The maximum Gasteiger partial charge on any atom is 0.417 e. The van der Waals surface area contributed by atoms with E-state index in [9.17, 15) is 22.4 Å². The third kappa shape index (κ3) is 3.83. The molecule has 0 radical (unpaired) electrons. The van der Waals surface area contributed by atoms with Crippen LogP contribution in [0.3, 0.4) is 0 Å². The van der Waals surface area contributed by atoms with Crippen LogP contribution in [0.4, 0.5) is 17.6 Å². The van der Waals surface area contributed by atoms with E-state index in [-0.39, 0.29) is 17.4 Å². The Morgan fingerprint density at radius 2 is 1.82 bits per heavy atom. The summed E-state index contributed by atoms with van der Waals surface area (Å²) in [5.74, 6) is -0.377. The van der Waals surface area contributed by atoms with Crippen molar-refractivity contribution in [3.8, 4) is 11.3 Å². The number of aryl methyl sites for hydroxylation is 1. The lowest BCUT2D eigenvalue weighted by Gasteiger charge is -2.46. The second kappa shape index (κ2) is 8.34. The predicted octanol–water partition coefficient (Wildman–Crippen LogP) is 6.56. The molecule has 0 N–H and O–H groups in total. The van der Waals surface area contributed by atoms with Crippen molar-refractivity contribution >= 4 is 17.5 Å². The van der Waals surface area contributed by atoms with E-state index in [0.717, 1.165) is 23.6 Å². The van der Waals surface area contributed by atoms with E-state index >= 15 is 0 Å². The lowest BCUT2D eigenvalue weighted by molar-refractivity contribution is -0.137. The lowest BCUT2D eigenvalue weighted by atomic mass is 9.80. The van der Waals surface area contributed by atoms with Gasteiger partial charge in [0.05, 0.1) is 33.6 Å². The van der Waals surface area contributed by atoms with Crippen LogP contribution >= 0.6 is 11.6 Å². The third-order valence-corrected chi connectivity index (χ3v) is 6.94. The molecule has 0 spiro atoms. The SMILES string of the molecule is Cc1nc(-c2ccc(F)cc2)c2c(n1)[C@@H]1CCC[C@H](C2)N1C(=O)c1cccc(C(F)(F)F)c1Cl. The molecule has 9 heteroatoms. The molecule has 0 saturated carbocycles. The molecule has 2 aliphatic heterocycles. The minimum Gasteiger partial charge on any atom is -0.327 e. The molecule has 1 fully saturated rings. The Kier molecular flexibility index (Phi) is 5.59. The fourth-order valence-electron chi connectivity index (χ4n) is 5.09. The number of hydrogen-bond donors (Lipinski definition) is 0. The summed E-state index contributed by atoms with van der Waals surface area (Å²) in [7, 11) is 0. The number of amides is 1. The highest BCUT2D eigenvalue weighted by molar-refractivity contribution is 6.34. The molecular formula is C25H20ClF4N3O. The second-order valence-electron chi connectivity index (χ2n) is 8.67. The first-order valence-corrected chi connectivity index (χ1v) is 11.3. The summed E-state index contributed by atoms with van der Waals surface area (Å²) in [5, 5.41) is -0.588. The van der Waals surface area contributed by atoms with E-state index in [1.807, 2.05) is 0 Å². The highest BCUT2D eigenvalue weighted by Gasteiger charge is 2.44. The zero-order valence-electron chi connectivity index (χ0n) is 18.2. The van der Waals surface area contributed by atoms with Crippen molar-refractivity contribution in [2.75, 3.05) is 0 Å². The number of carbonyl (C=O) groups excluding carboxylic acids is 1. The number of carbonyl (C=O) groups is 1. The van der Waals surface area contributed by atoms with Gasteiger partial charge in [0, 0.05) is 17.2 Å². The zero-order valence-corrected chi connectivity index (χ0v) is 18.9. The van der Waals surface area contributed by atoms with Crippen LogP contribution in [0, 0.1) is 12.7 Å². The number of hydrogen-bond acceptors (Lipinski definition) is 3. The van der Waals surface area contributed by atoms with Gasteiger partial charge in [-0.1, -0.05) is 17.7 Å². The number of benzene rings is 2. The predicted molar refractivity (Wildman–Crippen MR) is 119 cm³/mol. The molecule has 0 unspecified atom stereocenters. The lowest BCUT2D eigenvalue weighted by Crippen LogP contribution is -2.50. The molecule has 3 aromatic rings. The van der Waals surface area contributed by atoms with Crippen LogP contribution in [0.2, 0.25) is 5.02 Å². The topological polar surface area (TPSA) is 46.1 Å². The van der Waals surface area contributed by atoms with Crippen LogP contribution in [0.15, 0.2) is 42.5 Å². The summed E-state index contributed by atoms with van der Waals surface area (Å²) in [6.45, 7) is 1.75. The molecule has 2 atom stereocenters. The van der Waals surface area contributed by atoms with Gasteiger partial charge in [0.1, 0.15) is 11.6 Å². The Bertz CT molecular complexity index is 1280. The summed E-state index contributed by atoms with van der Waals surface area (Å²) >= 11 is 6.08. The highest BCUT2D eigenvalue weighted by atomic mass is 35.5. The maximum atomic E-state index is 13.6. The number of alkyl halides is 3. The molecule has 3 heterocycles. The van der Waals surface area contributed by atoms with E-state index in [1.54, 1.807) is 24.0 Å². The first-order chi connectivity index (χ1) is 16.1. The summed E-state index contributed by atoms with van der Waals surface area (Å²) in [6, 6.07) is 8.84. The van der Waals surface area contributed by atoms with Crippen molar-refractivity contribution in [3.05, 3.63) is 81.5 Å². The maximum absolute atomic E-state index is 13.6. The molecule has 2 bridgehead atoms. The van der Waals surface area contributed by atoms with Gasteiger partial charge in [-0.25, -0.2) is 14.4 Å². The van der Waals surface area contributed by atoms with Crippen LogP contribution in [0.25, 0.3) is 11.3 Å². The quantitative estimate of drug-likeness (QED) is 0.383. The molecule has 0 aliphatic carbocycles. The number of nitrogens with zero attached hydrogens (tertiary/aromatic N) is 3. The van der Waals surface area contributed by atoms with Gasteiger partial charge < -0.3 is 4.90 Å². The van der Waals surface area contributed by atoms with E-state index in [1.165, 1.54) is 24.3 Å². The molecule has 2 aliphatic rings. The monoisotopic (exact) mass is 489 g/mol. The number of piperidine rings is 1. The van der Waals surface area contributed by atoms with Gasteiger partial charge in [-0.3, -0.25) is 4.79 Å². The molecule has 1 amide bonds. The van der Waals surface area contributed by atoms with Crippen molar-refractivity contribution in [1.82, 2.24) is 14.9 Å². The van der Waals surface area contributed by atoms with E-state index < -0.39 is 28.7 Å². The van der Waals surface area contributed by atoms with Crippen LogP contribution in [0.5, 0.6) is 0 Å². The second-order valence-corrected chi connectivity index (χ2v) is 9.05. The van der Waals surface area contributed by atoms with Crippen molar-refractivity contribution < 1.29 is 22.4 Å². The molecule has 34 heavy (non-hydrogen) atoms. The van der Waals surface area contributed by atoms with Crippen molar-refractivity contribution in [2.24, 2.45) is 0 Å². The standard InChI is InChI=1S/C25H20ClF4N3O/c1-13-31-22(14-8-10-15(27)11-9-14)18-12-16-4-2-7-20(23(18)32-13)33(16)24(34)17-5-3-6-19(21(17)26)25(28,29)30/h3,5-6,8-11,16,20H,2,4,7,12H2,1H3/t16-,20+/m1/s1. The summed E-state index contributed by atoms with van der Waals surface area (Å²) in [5.41, 5.74) is 1.84. The number of halogens is 5. The Labute approximate surface area is 198 Å². The number of fused-ring (bicyclic) bond motifs is 4. The Hall–Kier alpha value is -3.00. The van der Waals surface area contributed by atoms with Crippen molar-refractivity contribution in [2.45, 2.75) is 50.9 Å². The molecule has 5 rings (SSSR count). The number of aromatic nitrogens is 2. The van der Waals surface area contributed by atoms with Gasteiger partial charge in [-0.05, 0) is 69.0 Å². The van der Waals surface area contributed by atoms with Crippen LogP contribution in [0.1, 0.15) is 58.3 Å². The first-order valence-electron chi connectivity index (χ1n) is 11.0. The van der Waals surface area contributed by atoms with Crippen molar-refractivity contribution in [3.63, 3.8) is 0 Å². The van der Waals surface area contributed by atoms with Gasteiger partial charge in [0.15, 0.2) is 0 Å². The molecular weight excluding hydrogens is 470 g/mol. The van der Waals surface area contributed by atoms with E-state index in [4.69, 9.17) is 11.6 Å². The third-order valence-electron chi connectivity index (χ3n) is 6.54. The fourth-order valence-corrected chi connectivity index (χ4v) is 5.40. The van der Waals surface area contributed by atoms with Gasteiger partial charge in [-0.15, -0.1) is 0 Å². The minimum absolute atomic E-state index is 0.165. The largest absolute Gasteiger partial charge is 0.417 e. The molecule has 4 nitrogen and oxygen atoms in total. The van der Waals surface area contributed by atoms with Gasteiger partial charge in [0.2, 0.25) is 0 Å². The number of rotatable bonds is 2. The summed E-state index contributed by atoms with van der Waals surface area (Å²) < 4.78 is 53.6. The first kappa shape index (κ1) is 22.8. The molecule has 2 aromatic carbocycles. The van der Waals surface area contributed by atoms with E-state index in [0.29, 0.717) is 36.5 Å².